The van der Waals surface area contributed by atoms with Crippen LogP contribution in [0.1, 0.15) is 48.3 Å². The summed E-state index contributed by atoms with van der Waals surface area (Å²) in [5.74, 6) is 0.746. The van der Waals surface area contributed by atoms with Crippen LogP contribution < -0.4 is 15.5 Å². The minimum absolute atomic E-state index is 0.122. The Kier molecular flexibility index (Phi) is 5.83. The summed E-state index contributed by atoms with van der Waals surface area (Å²) in [6.45, 7) is 8.00. The van der Waals surface area contributed by atoms with Crippen molar-refractivity contribution in [1.29, 1.82) is 0 Å². The van der Waals surface area contributed by atoms with Gasteiger partial charge in [-0.2, -0.15) is 0 Å². The molecule has 38 heavy (non-hydrogen) atoms. The third kappa shape index (κ3) is 4.16. The highest BCUT2D eigenvalue weighted by Gasteiger charge is 2.32. The number of carbonyl (C=O) groups excluding carboxylic acids is 1. The van der Waals surface area contributed by atoms with E-state index in [1.807, 2.05) is 45.3 Å². The van der Waals surface area contributed by atoms with E-state index in [1.165, 1.54) is 0 Å². The first-order chi connectivity index (χ1) is 18.2. The van der Waals surface area contributed by atoms with Crippen molar-refractivity contribution in [2.75, 3.05) is 23.3 Å². The minimum atomic E-state index is -0.699. The molecule has 4 aromatic rings. The van der Waals surface area contributed by atoms with Crippen molar-refractivity contribution in [3.63, 3.8) is 0 Å². The molecular formula is C29H33N7O2. The Morgan fingerprint density at radius 1 is 1.16 bits per heavy atom. The number of amides is 1. The molecule has 2 aliphatic heterocycles. The summed E-state index contributed by atoms with van der Waals surface area (Å²) in [6, 6.07) is 8.04. The molecule has 0 bridgehead atoms. The summed E-state index contributed by atoms with van der Waals surface area (Å²) >= 11 is 0. The largest absolute Gasteiger partial charge is 0.390 e. The van der Waals surface area contributed by atoms with Gasteiger partial charge >= 0.3 is 0 Å². The topological polar surface area (TPSA) is 108 Å². The Balaban J connectivity index is 1.29. The van der Waals surface area contributed by atoms with Crippen molar-refractivity contribution in [2.45, 2.75) is 45.8 Å². The van der Waals surface area contributed by atoms with Gasteiger partial charge in [-0.3, -0.25) is 9.78 Å². The lowest BCUT2D eigenvalue weighted by molar-refractivity contribution is 0.0110. The van der Waals surface area contributed by atoms with Crippen LogP contribution in [-0.2, 0) is 13.6 Å². The molecule has 1 amide bonds. The van der Waals surface area contributed by atoms with E-state index in [4.69, 9.17) is 4.98 Å². The Bertz CT molecular complexity index is 1540. The van der Waals surface area contributed by atoms with Crippen molar-refractivity contribution < 1.29 is 9.90 Å². The van der Waals surface area contributed by atoms with E-state index >= 15 is 0 Å². The smallest absolute Gasteiger partial charge is 0.254 e. The molecule has 6 heterocycles. The fourth-order valence-corrected chi connectivity index (χ4v) is 5.69. The number of anilines is 3. The van der Waals surface area contributed by atoms with Gasteiger partial charge in [-0.25, -0.2) is 9.97 Å². The fraction of sp³-hybridized carbons (Fsp3) is 0.379. The van der Waals surface area contributed by atoms with Crippen molar-refractivity contribution in [2.24, 2.45) is 13.0 Å². The fourth-order valence-electron chi connectivity index (χ4n) is 5.69. The predicted molar refractivity (Wildman–Crippen MR) is 149 cm³/mol. The number of nitrogens with one attached hydrogen (secondary N) is 2. The summed E-state index contributed by atoms with van der Waals surface area (Å²) in [4.78, 5) is 29.2. The van der Waals surface area contributed by atoms with E-state index < -0.39 is 5.60 Å². The van der Waals surface area contributed by atoms with Crippen molar-refractivity contribution in [1.82, 2.24) is 24.8 Å². The SMILES string of the molecule is Cc1cc2c(-c3ncc(Nc4ccc(N5CCC[C@@H](C(C)(C)O)C5)cn4)c4c3CNC4=O)ccnc2n1C. The van der Waals surface area contributed by atoms with Crippen LogP contribution in [0.15, 0.2) is 42.9 Å². The summed E-state index contributed by atoms with van der Waals surface area (Å²) in [5, 5.41) is 17.8. The maximum absolute atomic E-state index is 12.9. The molecule has 2 aliphatic rings. The van der Waals surface area contributed by atoms with E-state index in [0.717, 1.165) is 65.2 Å². The number of nitrogens with zero attached hydrogens (tertiary/aromatic N) is 5. The third-order valence-electron chi connectivity index (χ3n) is 8.05. The van der Waals surface area contributed by atoms with Crippen LogP contribution in [0.2, 0.25) is 0 Å². The molecule has 1 atom stereocenters. The third-order valence-corrected chi connectivity index (χ3v) is 8.05. The van der Waals surface area contributed by atoms with Crippen molar-refractivity contribution in [3.8, 4) is 11.3 Å². The number of hydrogen-bond acceptors (Lipinski definition) is 7. The molecular weight excluding hydrogens is 478 g/mol. The molecule has 0 aromatic carbocycles. The second-order valence-electron chi connectivity index (χ2n) is 11.0. The lowest BCUT2D eigenvalue weighted by Gasteiger charge is -2.39. The number of aliphatic hydroxyl groups is 1. The molecule has 0 radical (unpaired) electrons. The van der Waals surface area contributed by atoms with Gasteiger partial charge in [0.05, 0.1) is 40.6 Å². The average Bonchev–Trinajstić information content (AvgIpc) is 3.44. The number of carbonyl (C=O) groups is 1. The Morgan fingerprint density at radius 2 is 2.00 bits per heavy atom. The number of aryl methyl sites for hydroxylation is 2. The second-order valence-corrected chi connectivity index (χ2v) is 11.0. The molecule has 1 fully saturated rings. The molecule has 9 nitrogen and oxygen atoms in total. The van der Waals surface area contributed by atoms with Gasteiger partial charge in [-0.05, 0) is 57.9 Å². The number of pyridine rings is 3. The summed E-state index contributed by atoms with van der Waals surface area (Å²) in [7, 11) is 2.00. The van der Waals surface area contributed by atoms with Gasteiger partial charge in [-0.15, -0.1) is 0 Å². The number of fused-ring (bicyclic) bond motifs is 2. The molecule has 1 saturated heterocycles. The first-order valence-electron chi connectivity index (χ1n) is 13.1. The maximum Gasteiger partial charge on any atom is 0.254 e. The summed E-state index contributed by atoms with van der Waals surface area (Å²) < 4.78 is 2.06. The van der Waals surface area contributed by atoms with E-state index in [1.54, 1.807) is 12.4 Å². The Morgan fingerprint density at radius 3 is 2.76 bits per heavy atom. The van der Waals surface area contributed by atoms with Gasteiger partial charge < -0.3 is 25.2 Å². The highest BCUT2D eigenvalue weighted by molar-refractivity contribution is 6.06. The molecule has 196 valence electrons. The number of piperidine rings is 1. The van der Waals surface area contributed by atoms with E-state index in [0.29, 0.717) is 23.6 Å². The van der Waals surface area contributed by atoms with Gasteiger partial charge in [0.25, 0.3) is 5.91 Å². The first-order valence-corrected chi connectivity index (χ1v) is 13.1. The zero-order chi connectivity index (χ0) is 26.6. The molecule has 6 rings (SSSR count). The molecule has 0 spiro atoms. The summed E-state index contributed by atoms with van der Waals surface area (Å²) in [5.41, 5.74) is 6.19. The minimum Gasteiger partial charge on any atom is -0.390 e. The van der Waals surface area contributed by atoms with Crippen LogP contribution in [0.5, 0.6) is 0 Å². The lowest BCUT2D eigenvalue weighted by atomic mass is 9.84. The molecule has 0 aliphatic carbocycles. The monoisotopic (exact) mass is 511 g/mol. The zero-order valence-corrected chi connectivity index (χ0v) is 22.2. The van der Waals surface area contributed by atoms with Gasteiger partial charge in [0.1, 0.15) is 11.5 Å². The quantitative estimate of drug-likeness (QED) is 0.366. The van der Waals surface area contributed by atoms with Gasteiger partial charge in [0, 0.05) is 61.0 Å². The number of hydrogen-bond donors (Lipinski definition) is 3. The Labute approximate surface area is 221 Å². The van der Waals surface area contributed by atoms with Crippen LogP contribution in [-0.4, -0.2) is 49.2 Å². The van der Waals surface area contributed by atoms with E-state index in [9.17, 15) is 9.90 Å². The lowest BCUT2D eigenvalue weighted by Crippen LogP contribution is -2.44. The molecule has 9 heteroatoms. The summed E-state index contributed by atoms with van der Waals surface area (Å²) in [6.07, 6.45) is 7.43. The average molecular weight is 512 g/mol. The normalized spacial score (nSPS) is 17.6. The molecule has 0 saturated carbocycles. The van der Waals surface area contributed by atoms with Crippen LogP contribution in [0, 0.1) is 12.8 Å². The van der Waals surface area contributed by atoms with Crippen LogP contribution in [0.3, 0.4) is 0 Å². The number of rotatable bonds is 5. The van der Waals surface area contributed by atoms with Gasteiger partial charge in [0.15, 0.2) is 0 Å². The Hall–Kier alpha value is -3.98. The van der Waals surface area contributed by atoms with E-state index in [2.05, 4.69) is 43.1 Å². The molecule has 3 N–H and O–H groups in total. The number of aromatic nitrogens is 4. The first kappa shape index (κ1) is 24.4. The van der Waals surface area contributed by atoms with Gasteiger partial charge in [-0.1, -0.05) is 0 Å². The van der Waals surface area contributed by atoms with Crippen LogP contribution in [0.4, 0.5) is 17.2 Å². The highest BCUT2D eigenvalue weighted by Crippen LogP contribution is 2.37. The van der Waals surface area contributed by atoms with Gasteiger partial charge in [0.2, 0.25) is 0 Å². The maximum atomic E-state index is 12.9. The molecule has 0 unspecified atom stereocenters. The van der Waals surface area contributed by atoms with E-state index in [-0.39, 0.29) is 11.8 Å². The van der Waals surface area contributed by atoms with Crippen LogP contribution >= 0.6 is 0 Å². The molecule has 4 aromatic heterocycles. The van der Waals surface area contributed by atoms with Crippen molar-refractivity contribution in [3.05, 3.63) is 59.7 Å². The highest BCUT2D eigenvalue weighted by atomic mass is 16.3. The zero-order valence-electron chi connectivity index (χ0n) is 22.2. The van der Waals surface area contributed by atoms with Crippen LogP contribution in [0.25, 0.3) is 22.3 Å². The standard InChI is InChI=1S/C29H33N7O2/c1-17-12-21-20(9-10-30-27(21)35(17)4)26-22-14-33-28(37)25(22)23(15-32-26)34-24-8-7-19(13-31-24)36-11-5-6-18(16-36)29(2,3)38/h7-10,12-13,15,18,38H,5-6,11,14,16H2,1-4H3,(H,31,34)(H,33,37)/t18-/m1/s1. The second kappa shape index (κ2) is 9.09. The predicted octanol–water partition coefficient (Wildman–Crippen LogP) is 4.31. The van der Waals surface area contributed by atoms with Crippen molar-refractivity contribution >= 4 is 34.1 Å².